The average Bonchev–Trinajstić information content (AvgIpc) is 2.53. The lowest BCUT2D eigenvalue weighted by Gasteiger charge is -2.01. The van der Waals surface area contributed by atoms with Crippen LogP contribution in [0.3, 0.4) is 0 Å². The fourth-order valence-electron chi connectivity index (χ4n) is 0.960. The van der Waals surface area contributed by atoms with Crippen LogP contribution in [0, 0.1) is 0 Å². The van der Waals surface area contributed by atoms with Crippen molar-refractivity contribution in [2.75, 3.05) is 0 Å². The standard InChI is InChI=1S/C10H12O3S/c1-7(2)14-10(12)6-8(11)9-4-3-5-13-9/h3-5,7H,6H2,1-2H3. The van der Waals surface area contributed by atoms with E-state index in [0.29, 0.717) is 0 Å². The molecule has 0 spiro atoms. The molecule has 0 amide bonds. The molecule has 14 heavy (non-hydrogen) atoms. The summed E-state index contributed by atoms with van der Waals surface area (Å²) >= 11 is 1.18. The van der Waals surface area contributed by atoms with Crippen LogP contribution in [-0.2, 0) is 4.79 Å². The van der Waals surface area contributed by atoms with E-state index in [1.807, 2.05) is 13.8 Å². The molecule has 0 aliphatic carbocycles. The van der Waals surface area contributed by atoms with Crippen LogP contribution in [0.2, 0.25) is 0 Å². The normalized spacial score (nSPS) is 10.5. The maximum Gasteiger partial charge on any atom is 0.206 e. The Hall–Kier alpha value is -1.03. The van der Waals surface area contributed by atoms with Crippen LogP contribution in [0.25, 0.3) is 0 Å². The van der Waals surface area contributed by atoms with Gasteiger partial charge < -0.3 is 4.42 Å². The van der Waals surface area contributed by atoms with Crippen LogP contribution < -0.4 is 0 Å². The van der Waals surface area contributed by atoms with E-state index < -0.39 is 0 Å². The predicted molar refractivity (Wildman–Crippen MR) is 55.4 cm³/mol. The number of Topliss-reactive ketones (excluding diaryl/α,β-unsaturated/α-hetero) is 1. The molecule has 0 saturated heterocycles. The van der Waals surface area contributed by atoms with E-state index in [-0.39, 0.29) is 28.3 Å². The van der Waals surface area contributed by atoms with Crippen molar-refractivity contribution in [1.82, 2.24) is 0 Å². The van der Waals surface area contributed by atoms with Crippen LogP contribution in [0.5, 0.6) is 0 Å². The van der Waals surface area contributed by atoms with Gasteiger partial charge in [-0.15, -0.1) is 0 Å². The minimum atomic E-state index is -0.256. The van der Waals surface area contributed by atoms with Crippen molar-refractivity contribution in [2.24, 2.45) is 0 Å². The Kier molecular flexibility index (Phi) is 3.95. The minimum Gasteiger partial charge on any atom is -0.461 e. The molecule has 0 aromatic carbocycles. The zero-order chi connectivity index (χ0) is 10.6. The molecular weight excluding hydrogens is 200 g/mol. The number of carbonyl (C=O) groups excluding carboxylic acids is 2. The highest BCUT2D eigenvalue weighted by atomic mass is 32.2. The van der Waals surface area contributed by atoms with E-state index in [9.17, 15) is 9.59 Å². The lowest BCUT2D eigenvalue weighted by molar-refractivity contribution is -0.110. The fourth-order valence-corrected chi connectivity index (χ4v) is 1.70. The van der Waals surface area contributed by atoms with Crippen LogP contribution in [0.4, 0.5) is 0 Å². The second-order valence-electron chi connectivity index (χ2n) is 3.12. The van der Waals surface area contributed by atoms with Crippen molar-refractivity contribution in [2.45, 2.75) is 25.5 Å². The lowest BCUT2D eigenvalue weighted by Crippen LogP contribution is -2.06. The highest BCUT2D eigenvalue weighted by molar-refractivity contribution is 8.14. The third kappa shape index (κ3) is 3.38. The summed E-state index contributed by atoms with van der Waals surface area (Å²) in [6.07, 6.45) is 1.34. The Morgan fingerprint density at radius 2 is 2.21 bits per heavy atom. The van der Waals surface area contributed by atoms with Crippen LogP contribution >= 0.6 is 11.8 Å². The monoisotopic (exact) mass is 212 g/mol. The first-order chi connectivity index (χ1) is 6.59. The molecule has 0 atom stereocenters. The first kappa shape index (κ1) is 11.0. The van der Waals surface area contributed by atoms with Crippen LogP contribution in [-0.4, -0.2) is 16.1 Å². The Bertz CT molecular complexity index is 314. The molecule has 0 bridgehead atoms. The van der Waals surface area contributed by atoms with E-state index in [1.54, 1.807) is 12.1 Å². The molecule has 0 aliphatic heterocycles. The quantitative estimate of drug-likeness (QED) is 0.568. The summed E-state index contributed by atoms with van der Waals surface area (Å²) < 4.78 is 4.89. The maximum atomic E-state index is 11.4. The molecule has 1 heterocycles. The van der Waals surface area contributed by atoms with E-state index in [0.717, 1.165) is 0 Å². The Labute approximate surface area is 86.9 Å². The van der Waals surface area contributed by atoms with Gasteiger partial charge in [-0.05, 0) is 12.1 Å². The summed E-state index contributed by atoms with van der Waals surface area (Å²) in [5.41, 5.74) is 0. The average molecular weight is 212 g/mol. The number of hydrogen-bond donors (Lipinski definition) is 0. The largest absolute Gasteiger partial charge is 0.461 e. The number of carbonyl (C=O) groups is 2. The number of hydrogen-bond acceptors (Lipinski definition) is 4. The van der Waals surface area contributed by atoms with Crippen molar-refractivity contribution < 1.29 is 14.0 Å². The van der Waals surface area contributed by atoms with Gasteiger partial charge in [-0.3, -0.25) is 9.59 Å². The molecule has 1 aromatic heterocycles. The predicted octanol–water partition coefficient (Wildman–Crippen LogP) is 2.52. The second kappa shape index (κ2) is 5.00. The maximum absolute atomic E-state index is 11.4. The molecule has 76 valence electrons. The zero-order valence-corrected chi connectivity index (χ0v) is 8.97. The SMILES string of the molecule is CC(C)SC(=O)CC(=O)c1ccco1. The lowest BCUT2D eigenvalue weighted by atomic mass is 10.2. The van der Waals surface area contributed by atoms with Gasteiger partial charge in [-0.2, -0.15) is 0 Å². The highest BCUT2D eigenvalue weighted by Crippen LogP contribution is 2.15. The highest BCUT2D eigenvalue weighted by Gasteiger charge is 2.15. The summed E-state index contributed by atoms with van der Waals surface area (Å²) in [5.74, 6) is -0.00384. The Morgan fingerprint density at radius 1 is 1.50 bits per heavy atom. The summed E-state index contributed by atoms with van der Waals surface area (Å²) in [6.45, 7) is 3.83. The van der Waals surface area contributed by atoms with E-state index in [2.05, 4.69) is 0 Å². The topological polar surface area (TPSA) is 47.3 Å². The molecule has 0 aliphatic rings. The summed E-state index contributed by atoms with van der Waals surface area (Å²) in [5, 5.41) is 0.105. The van der Waals surface area contributed by atoms with E-state index in [4.69, 9.17) is 4.42 Å². The Morgan fingerprint density at radius 3 is 2.71 bits per heavy atom. The fraction of sp³-hybridized carbons (Fsp3) is 0.400. The third-order valence-corrected chi connectivity index (χ3v) is 2.35. The smallest absolute Gasteiger partial charge is 0.206 e. The number of ketones is 1. The molecule has 0 unspecified atom stereocenters. The van der Waals surface area contributed by atoms with Gasteiger partial charge in [-0.25, -0.2) is 0 Å². The van der Waals surface area contributed by atoms with Crippen molar-refractivity contribution >= 4 is 22.7 Å². The van der Waals surface area contributed by atoms with Crippen molar-refractivity contribution in [3.05, 3.63) is 24.2 Å². The molecule has 0 N–H and O–H groups in total. The van der Waals surface area contributed by atoms with Gasteiger partial charge in [0, 0.05) is 5.25 Å². The second-order valence-corrected chi connectivity index (χ2v) is 4.75. The summed E-state index contributed by atoms with van der Waals surface area (Å²) in [6, 6.07) is 3.20. The molecular formula is C10H12O3S. The molecule has 1 rings (SSSR count). The van der Waals surface area contributed by atoms with Gasteiger partial charge in [0.1, 0.15) is 0 Å². The van der Waals surface area contributed by atoms with Crippen LogP contribution in [0.1, 0.15) is 30.8 Å². The zero-order valence-electron chi connectivity index (χ0n) is 8.15. The number of thioether (sulfide) groups is 1. The van der Waals surface area contributed by atoms with E-state index >= 15 is 0 Å². The molecule has 4 heteroatoms. The van der Waals surface area contributed by atoms with Gasteiger partial charge in [0.25, 0.3) is 0 Å². The van der Waals surface area contributed by atoms with Crippen molar-refractivity contribution in [3.8, 4) is 0 Å². The molecule has 3 nitrogen and oxygen atoms in total. The molecule has 1 aromatic rings. The van der Waals surface area contributed by atoms with E-state index in [1.165, 1.54) is 18.0 Å². The van der Waals surface area contributed by atoms with Gasteiger partial charge in [-0.1, -0.05) is 25.6 Å². The molecule has 0 radical (unpaired) electrons. The molecule has 0 fully saturated rings. The van der Waals surface area contributed by atoms with Gasteiger partial charge >= 0.3 is 0 Å². The van der Waals surface area contributed by atoms with Gasteiger partial charge in [0.05, 0.1) is 12.7 Å². The van der Waals surface area contributed by atoms with Crippen molar-refractivity contribution in [3.63, 3.8) is 0 Å². The number of rotatable bonds is 4. The third-order valence-electron chi connectivity index (χ3n) is 1.47. The van der Waals surface area contributed by atoms with Gasteiger partial charge in [0.2, 0.25) is 5.78 Å². The summed E-state index contributed by atoms with van der Waals surface area (Å²) in [4.78, 5) is 22.6. The van der Waals surface area contributed by atoms with Gasteiger partial charge in [0.15, 0.2) is 10.9 Å². The van der Waals surface area contributed by atoms with Crippen molar-refractivity contribution in [1.29, 1.82) is 0 Å². The first-order valence-electron chi connectivity index (χ1n) is 4.36. The minimum absolute atomic E-state index is 0.0869. The number of furan rings is 1. The Balaban J connectivity index is 2.46. The molecule has 0 saturated carbocycles. The summed E-state index contributed by atoms with van der Waals surface area (Å²) in [7, 11) is 0. The first-order valence-corrected chi connectivity index (χ1v) is 5.23. The van der Waals surface area contributed by atoms with Crippen LogP contribution in [0.15, 0.2) is 22.8 Å².